The van der Waals surface area contributed by atoms with E-state index in [-0.39, 0.29) is 6.10 Å². The van der Waals surface area contributed by atoms with Crippen LogP contribution in [0.1, 0.15) is 98.3 Å². The molecule has 41 heavy (non-hydrogen) atoms. The number of fused-ring (bicyclic) bond motifs is 1. The molecule has 1 heterocycles. The number of carboxylic acid groups (broad SMARTS) is 1. The summed E-state index contributed by atoms with van der Waals surface area (Å²) in [5.41, 5.74) is 3.34. The van der Waals surface area contributed by atoms with Gasteiger partial charge in [-0.25, -0.2) is 4.79 Å². The minimum Gasteiger partial charge on any atom is -0.479 e. The van der Waals surface area contributed by atoms with E-state index in [1.807, 2.05) is 13.8 Å². The largest absolute Gasteiger partial charge is 0.479 e. The molecule has 4 rings (SSSR count). The van der Waals surface area contributed by atoms with Gasteiger partial charge in [0.25, 0.3) is 0 Å². The molecule has 0 bridgehead atoms. The lowest BCUT2D eigenvalue weighted by atomic mass is 9.60. The van der Waals surface area contributed by atoms with E-state index in [1.54, 1.807) is 0 Å². The van der Waals surface area contributed by atoms with Gasteiger partial charge in [0.2, 0.25) is 0 Å². The zero-order valence-electron chi connectivity index (χ0n) is 25.3. The standard InChI is InChI=1S/C33H52O8/c1-19-10-13-23(40-31-28(36)26(34)27(35)29(41-31)30(37)38)18-22(19)12-11-21-9-7-17-33(5)24(14-15-25(21)33)20(2)8-6-16-32(3,4)39/h11-12,20,23-29,31,34-36,39H,1,6-10,13-18H2,2-5H3,(H,37,38)/b21-11+,22-12?/t20-,23+,24-,25+,26+,27+,28-,29+,31-,33-/m1/s1. The summed E-state index contributed by atoms with van der Waals surface area (Å²) in [5.74, 6) is 0.487. The van der Waals surface area contributed by atoms with Crippen LogP contribution < -0.4 is 0 Å². The van der Waals surface area contributed by atoms with E-state index in [4.69, 9.17) is 9.47 Å². The summed E-state index contributed by atoms with van der Waals surface area (Å²) in [6.07, 6.45) is 7.16. The van der Waals surface area contributed by atoms with Gasteiger partial charge in [-0.2, -0.15) is 0 Å². The fraction of sp³-hybridized carbons (Fsp3) is 0.788. The van der Waals surface area contributed by atoms with Gasteiger partial charge in [0, 0.05) is 0 Å². The van der Waals surface area contributed by atoms with Crippen molar-refractivity contribution in [3.63, 3.8) is 0 Å². The third kappa shape index (κ3) is 7.34. The van der Waals surface area contributed by atoms with Gasteiger partial charge in [-0.15, -0.1) is 0 Å². The van der Waals surface area contributed by atoms with Crippen molar-refractivity contribution in [1.82, 2.24) is 0 Å². The Bertz CT molecular complexity index is 1010. The molecule has 0 spiro atoms. The summed E-state index contributed by atoms with van der Waals surface area (Å²) in [5, 5.41) is 49.9. The van der Waals surface area contributed by atoms with E-state index < -0.39 is 42.3 Å². The predicted octanol–water partition coefficient (Wildman–Crippen LogP) is 4.65. The smallest absolute Gasteiger partial charge is 0.335 e. The molecule has 4 fully saturated rings. The molecule has 10 atom stereocenters. The topological polar surface area (TPSA) is 137 Å². The molecule has 8 nitrogen and oxygen atoms in total. The molecule has 0 radical (unpaired) electrons. The monoisotopic (exact) mass is 576 g/mol. The van der Waals surface area contributed by atoms with Gasteiger partial charge in [-0.05, 0) is 100 Å². The number of hydrogen-bond donors (Lipinski definition) is 5. The molecule has 1 aliphatic heterocycles. The van der Waals surface area contributed by atoms with Crippen LogP contribution in [0.15, 0.2) is 35.5 Å². The Labute approximate surface area is 245 Å². The summed E-state index contributed by atoms with van der Waals surface area (Å²) in [4.78, 5) is 11.5. The Balaban J connectivity index is 1.41. The molecule has 0 aromatic rings. The van der Waals surface area contributed by atoms with Gasteiger partial charge in [-0.1, -0.05) is 56.6 Å². The first kappa shape index (κ1) is 32.4. The maximum absolute atomic E-state index is 11.5. The van der Waals surface area contributed by atoms with Crippen molar-refractivity contribution in [2.45, 2.75) is 141 Å². The van der Waals surface area contributed by atoms with Crippen LogP contribution in [0.25, 0.3) is 0 Å². The number of rotatable bonds is 9. The lowest BCUT2D eigenvalue weighted by molar-refractivity contribution is -0.304. The quantitative estimate of drug-likeness (QED) is 0.268. The second-order valence-electron chi connectivity index (χ2n) is 14.1. The van der Waals surface area contributed by atoms with Crippen molar-refractivity contribution >= 4 is 5.97 Å². The van der Waals surface area contributed by atoms with Crippen molar-refractivity contribution in [1.29, 1.82) is 0 Å². The van der Waals surface area contributed by atoms with Crippen LogP contribution in [0.2, 0.25) is 0 Å². The van der Waals surface area contributed by atoms with E-state index in [2.05, 4.69) is 32.6 Å². The molecule has 0 unspecified atom stereocenters. The summed E-state index contributed by atoms with van der Waals surface area (Å²) in [6, 6.07) is 0. The van der Waals surface area contributed by atoms with Crippen LogP contribution in [0.5, 0.6) is 0 Å². The van der Waals surface area contributed by atoms with E-state index in [0.29, 0.717) is 42.4 Å². The van der Waals surface area contributed by atoms with Crippen molar-refractivity contribution in [2.75, 3.05) is 0 Å². The van der Waals surface area contributed by atoms with Crippen molar-refractivity contribution in [3.8, 4) is 0 Å². The average molecular weight is 577 g/mol. The van der Waals surface area contributed by atoms with Crippen LogP contribution in [0.4, 0.5) is 0 Å². The van der Waals surface area contributed by atoms with Crippen LogP contribution in [-0.2, 0) is 14.3 Å². The first-order valence-corrected chi connectivity index (χ1v) is 15.6. The molecule has 232 valence electrons. The van der Waals surface area contributed by atoms with Gasteiger partial charge in [0.1, 0.15) is 18.3 Å². The highest BCUT2D eigenvalue weighted by molar-refractivity contribution is 5.73. The number of ether oxygens (including phenoxy) is 2. The number of aliphatic hydroxyl groups is 4. The highest BCUT2D eigenvalue weighted by Crippen LogP contribution is 2.60. The molecular formula is C33H52O8. The summed E-state index contributed by atoms with van der Waals surface area (Å²) in [7, 11) is 0. The highest BCUT2D eigenvalue weighted by Gasteiger charge is 2.51. The molecule has 4 aliphatic rings. The van der Waals surface area contributed by atoms with Crippen LogP contribution >= 0.6 is 0 Å². The van der Waals surface area contributed by atoms with Gasteiger partial charge in [0.05, 0.1) is 11.7 Å². The van der Waals surface area contributed by atoms with Crippen molar-refractivity contribution in [2.24, 2.45) is 23.2 Å². The third-order valence-corrected chi connectivity index (χ3v) is 10.5. The fourth-order valence-corrected chi connectivity index (χ4v) is 8.12. The Morgan fingerprint density at radius 1 is 1.15 bits per heavy atom. The molecule has 5 N–H and O–H groups in total. The lowest BCUT2D eigenvalue weighted by Crippen LogP contribution is -2.60. The third-order valence-electron chi connectivity index (χ3n) is 10.5. The molecule has 0 aromatic carbocycles. The number of aliphatic hydroxyl groups excluding tert-OH is 3. The highest BCUT2D eigenvalue weighted by atomic mass is 16.7. The number of carboxylic acids is 1. The maximum Gasteiger partial charge on any atom is 0.335 e. The molecule has 0 aromatic heterocycles. The normalized spacial score (nSPS) is 41.0. The minimum absolute atomic E-state index is 0.298. The SMILES string of the molecule is C=C1CC[C@H](O[C@@H]2O[C@H](C(=O)O)[C@@H](O)[C@H](O)[C@H]2O)CC1=C/C=C1\CCC[C@]2(C)[C@@H]([C@H](C)CCCC(C)(C)O)CC[C@@H]12. The number of carbonyl (C=O) groups is 1. The van der Waals surface area contributed by atoms with Gasteiger partial charge in [-0.3, -0.25) is 0 Å². The van der Waals surface area contributed by atoms with Crippen molar-refractivity contribution < 1.29 is 39.8 Å². The number of hydrogen-bond acceptors (Lipinski definition) is 7. The molecule has 3 aliphatic carbocycles. The number of aliphatic carboxylic acids is 1. The second-order valence-corrected chi connectivity index (χ2v) is 14.1. The number of allylic oxidation sites excluding steroid dienone is 4. The summed E-state index contributed by atoms with van der Waals surface area (Å²) < 4.78 is 11.3. The Kier molecular flexibility index (Phi) is 10.2. The zero-order chi connectivity index (χ0) is 30.1. The average Bonchev–Trinajstić information content (AvgIpc) is 3.25. The minimum atomic E-state index is -1.73. The molecule has 3 saturated carbocycles. The first-order chi connectivity index (χ1) is 19.2. The van der Waals surface area contributed by atoms with Crippen LogP contribution in [0.3, 0.4) is 0 Å². The maximum atomic E-state index is 11.5. The van der Waals surface area contributed by atoms with E-state index in [9.17, 15) is 30.3 Å². The first-order valence-electron chi connectivity index (χ1n) is 15.6. The Morgan fingerprint density at radius 2 is 1.88 bits per heavy atom. The van der Waals surface area contributed by atoms with Crippen LogP contribution in [-0.4, -0.2) is 73.9 Å². The molecular weight excluding hydrogens is 524 g/mol. The van der Waals surface area contributed by atoms with Gasteiger partial charge < -0.3 is 35.0 Å². The molecule has 1 saturated heterocycles. The lowest BCUT2D eigenvalue weighted by Gasteiger charge is -2.44. The zero-order valence-corrected chi connectivity index (χ0v) is 25.3. The van der Waals surface area contributed by atoms with Crippen molar-refractivity contribution in [3.05, 3.63) is 35.5 Å². The van der Waals surface area contributed by atoms with Crippen LogP contribution in [0, 0.1) is 23.2 Å². The molecule has 0 amide bonds. The fourth-order valence-electron chi connectivity index (χ4n) is 8.12. The van der Waals surface area contributed by atoms with E-state index in [1.165, 1.54) is 31.3 Å². The Morgan fingerprint density at radius 3 is 2.56 bits per heavy atom. The second kappa shape index (κ2) is 13.0. The summed E-state index contributed by atoms with van der Waals surface area (Å²) >= 11 is 0. The molecule has 8 heteroatoms. The van der Waals surface area contributed by atoms with E-state index in [0.717, 1.165) is 36.8 Å². The van der Waals surface area contributed by atoms with Gasteiger partial charge in [0.15, 0.2) is 12.4 Å². The summed E-state index contributed by atoms with van der Waals surface area (Å²) in [6.45, 7) is 13.0. The van der Waals surface area contributed by atoms with Gasteiger partial charge >= 0.3 is 5.97 Å². The predicted molar refractivity (Wildman–Crippen MR) is 156 cm³/mol. The van der Waals surface area contributed by atoms with E-state index >= 15 is 0 Å². The Hall–Kier alpha value is -1.55.